The number of rotatable bonds is 7. The Labute approximate surface area is 194 Å². The molecule has 1 amide bonds. The van der Waals surface area contributed by atoms with E-state index >= 15 is 0 Å². The third-order valence-corrected chi connectivity index (χ3v) is 9.01. The van der Waals surface area contributed by atoms with Gasteiger partial charge < -0.3 is 0 Å². The zero-order valence-electron chi connectivity index (χ0n) is 17.2. The average Bonchev–Trinajstić information content (AvgIpc) is 3.25. The average molecular weight is 493 g/mol. The van der Waals surface area contributed by atoms with E-state index in [1.54, 1.807) is 19.1 Å². The van der Waals surface area contributed by atoms with Crippen LogP contribution in [0.5, 0.6) is 0 Å². The molecule has 3 aromatic rings. The molecule has 1 aromatic heterocycles. The molecule has 4 rings (SSSR count). The number of nitrogens with one attached hydrogen (secondary N) is 1. The highest BCUT2D eigenvalue weighted by Gasteiger charge is 2.38. The van der Waals surface area contributed by atoms with Gasteiger partial charge in [0.05, 0.1) is 5.75 Å². The van der Waals surface area contributed by atoms with Crippen molar-refractivity contribution >= 4 is 44.2 Å². The number of aromatic nitrogens is 2. The molecule has 32 heavy (non-hydrogen) atoms. The first kappa shape index (κ1) is 22.8. The van der Waals surface area contributed by atoms with E-state index in [-0.39, 0.29) is 18.1 Å². The third-order valence-electron chi connectivity index (χ3n) is 5.14. The molecule has 0 radical (unpaired) electrons. The summed E-state index contributed by atoms with van der Waals surface area (Å²) in [5.74, 6) is -0.209. The quantitative estimate of drug-likeness (QED) is 0.400. The maximum atomic E-state index is 13.1. The number of fused-ring (bicyclic) bond motifs is 1. The van der Waals surface area contributed by atoms with Gasteiger partial charge in [-0.3, -0.25) is 10.1 Å². The van der Waals surface area contributed by atoms with Crippen molar-refractivity contribution in [2.45, 2.75) is 36.0 Å². The molecule has 1 atom stereocenters. The summed E-state index contributed by atoms with van der Waals surface area (Å²) < 4.78 is 40.3. The minimum absolute atomic E-state index is 0.0814. The van der Waals surface area contributed by atoms with Crippen LogP contribution >= 0.6 is 23.1 Å². The molecule has 1 N–H and O–H groups in total. The van der Waals surface area contributed by atoms with Crippen molar-refractivity contribution in [3.8, 4) is 0 Å². The molecule has 168 valence electrons. The fraction of sp³-hybridized carbons (Fsp3) is 0.286. The van der Waals surface area contributed by atoms with Gasteiger partial charge in [-0.05, 0) is 42.2 Å². The van der Waals surface area contributed by atoms with Crippen molar-refractivity contribution < 1.29 is 17.6 Å². The molecule has 2 heterocycles. The monoisotopic (exact) mass is 492 g/mol. The minimum Gasteiger partial charge on any atom is -0.299 e. The number of amides is 1. The highest BCUT2D eigenvalue weighted by Crippen LogP contribution is 2.30. The molecule has 0 aliphatic carbocycles. The van der Waals surface area contributed by atoms with Crippen molar-refractivity contribution in [2.75, 3.05) is 11.1 Å². The molecular formula is C21H21FN4O3S3. The number of sulfonamides is 1. The van der Waals surface area contributed by atoms with Crippen LogP contribution in [0.1, 0.15) is 23.6 Å². The molecule has 0 unspecified atom stereocenters. The predicted molar refractivity (Wildman–Crippen MR) is 123 cm³/mol. The first-order chi connectivity index (χ1) is 15.4. The lowest BCUT2D eigenvalue weighted by atomic mass is 9.95. The number of thioether (sulfide) groups is 1. The van der Waals surface area contributed by atoms with E-state index in [0.29, 0.717) is 21.6 Å². The lowest BCUT2D eigenvalue weighted by Crippen LogP contribution is -2.51. The Morgan fingerprint density at radius 1 is 1.19 bits per heavy atom. The van der Waals surface area contributed by atoms with Crippen LogP contribution < -0.4 is 5.32 Å². The van der Waals surface area contributed by atoms with Gasteiger partial charge in [0.2, 0.25) is 21.1 Å². The maximum Gasteiger partial charge on any atom is 0.245 e. The normalized spacial score (nSPS) is 16.5. The lowest BCUT2D eigenvalue weighted by molar-refractivity contribution is -0.120. The second kappa shape index (κ2) is 9.65. The lowest BCUT2D eigenvalue weighted by Gasteiger charge is -2.34. The molecule has 0 fully saturated rings. The van der Waals surface area contributed by atoms with Gasteiger partial charge in [0, 0.05) is 12.3 Å². The van der Waals surface area contributed by atoms with Crippen molar-refractivity contribution in [2.24, 2.45) is 0 Å². The van der Waals surface area contributed by atoms with Gasteiger partial charge in [-0.15, -0.1) is 10.2 Å². The van der Waals surface area contributed by atoms with E-state index in [4.69, 9.17) is 0 Å². The third kappa shape index (κ3) is 5.17. The zero-order chi connectivity index (χ0) is 22.7. The van der Waals surface area contributed by atoms with Gasteiger partial charge in [0.25, 0.3) is 0 Å². The fourth-order valence-corrected chi connectivity index (χ4v) is 6.35. The van der Waals surface area contributed by atoms with Gasteiger partial charge in [0.1, 0.15) is 11.9 Å². The Kier molecular flexibility index (Phi) is 6.89. The summed E-state index contributed by atoms with van der Waals surface area (Å²) in [7, 11) is -3.58. The van der Waals surface area contributed by atoms with Crippen molar-refractivity contribution in [1.82, 2.24) is 14.5 Å². The number of carbonyl (C=O) groups is 1. The first-order valence-corrected chi connectivity index (χ1v) is 13.3. The highest BCUT2D eigenvalue weighted by molar-refractivity contribution is 8.00. The molecular weight excluding hydrogens is 471 g/mol. The molecule has 1 aliphatic heterocycles. The van der Waals surface area contributed by atoms with Gasteiger partial charge >= 0.3 is 0 Å². The molecule has 1 aliphatic rings. The van der Waals surface area contributed by atoms with Crippen LogP contribution in [0, 0.1) is 5.82 Å². The Balaban J connectivity index is 1.46. The standard InChI is InChI=1S/C21H21FN4O3S3/c1-2-32(28,29)26-12-16-6-4-3-5-15(16)11-18(26)19(27)23-20-24-25-21(31-20)30-13-14-7-9-17(22)10-8-14/h3-10,18H,2,11-13H2,1H3,(H,23,24,27)/t18-/m1/s1. The van der Waals surface area contributed by atoms with Crippen molar-refractivity contribution in [1.29, 1.82) is 0 Å². The van der Waals surface area contributed by atoms with Gasteiger partial charge in [-0.1, -0.05) is 59.5 Å². The summed E-state index contributed by atoms with van der Waals surface area (Å²) in [5, 5.41) is 11.1. The molecule has 0 bridgehead atoms. The van der Waals surface area contributed by atoms with Crippen LogP contribution in [0.15, 0.2) is 52.9 Å². The molecule has 11 heteroatoms. The second-order valence-corrected chi connectivity index (χ2v) is 11.6. The van der Waals surface area contributed by atoms with Gasteiger partial charge in [-0.2, -0.15) is 4.31 Å². The largest absolute Gasteiger partial charge is 0.299 e. The number of carbonyl (C=O) groups excluding carboxylic acids is 1. The van der Waals surface area contributed by atoms with Gasteiger partial charge in [0.15, 0.2) is 4.34 Å². The van der Waals surface area contributed by atoms with E-state index in [0.717, 1.165) is 16.7 Å². The summed E-state index contributed by atoms with van der Waals surface area (Å²) in [5.41, 5.74) is 2.81. The molecule has 7 nitrogen and oxygen atoms in total. The highest BCUT2D eigenvalue weighted by atomic mass is 32.2. The summed E-state index contributed by atoms with van der Waals surface area (Å²) in [6, 6.07) is 12.9. The fourth-order valence-electron chi connectivity index (χ4n) is 3.41. The minimum atomic E-state index is -3.58. The summed E-state index contributed by atoms with van der Waals surface area (Å²) >= 11 is 2.64. The molecule has 0 saturated heterocycles. The van der Waals surface area contributed by atoms with Crippen LogP contribution in [0.2, 0.25) is 0 Å². The number of nitrogens with zero attached hydrogens (tertiary/aromatic N) is 3. The van der Waals surface area contributed by atoms with Crippen molar-refractivity contribution in [3.63, 3.8) is 0 Å². The van der Waals surface area contributed by atoms with E-state index in [1.165, 1.54) is 39.5 Å². The van der Waals surface area contributed by atoms with Crippen LogP contribution in [-0.4, -0.2) is 40.6 Å². The van der Waals surface area contributed by atoms with Crippen LogP contribution in [-0.2, 0) is 33.5 Å². The Morgan fingerprint density at radius 3 is 2.62 bits per heavy atom. The van der Waals surface area contributed by atoms with E-state index in [9.17, 15) is 17.6 Å². The number of halogens is 1. The summed E-state index contributed by atoms with van der Waals surface area (Å²) in [4.78, 5) is 13.1. The SMILES string of the molecule is CCS(=O)(=O)N1Cc2ccccc2C[C@@H]1C(=O)Nc1nnc(SCc2ccc(F)cc2)s1. The van der Waals surface area contributed by atoms with Crippen LogP contribution in [0.25, 0.3) is 0 Å². The van der Waals surface area contributed by atoms with Crippen molar-refractivity contribution in [3.05, 3.63) is 71.0 Å². The Bertz CT molecular complexity index is 1220. The topological polar surface area (TPSA) is 92.3 Å². The molecule has 0 saturated carbocycles. The summed E-state index contributed by atoms with van der Waals surface area (Å²) in [6.45, 7) is 1.74. The smallest absolute Gasteiger partial charge is 0.245 e. The molecule has 2 aromatic carbocycles. The van der Waals surface area contributed by atoms with Gasteiger partial charge in [-0.25, -0.2) is 12.8 Å². The number of hydrogen-bond donors (Lipinski definition) is 1. The number of hydrogen-bond acceptors (Lipinski definition) is 7. The van der Waals surface area contributed by atoms with E-state index < -0.39 is 22.0 Å². The van der Waals surface area contributed by atoms with Crippen LogP contribution in [0.3, 0.4) is 0 Å². The van der Waals surface area contributed by atoms with E-state index in [2.05, 4.69) is 15.5 Å². The number of anilines is 1. The predicted octanol–water partition coefficient (Wildman–Crippen LogP) is 3.68. The Hall–Kier alpha value is -2.34. The zero-order valence-corrected chi connectivity index (χ0v) is 19.6. The Morgan fingerprint density at radius 2 is 1.91 bits per heavy atom. The second-order valence-electron chi connectivity index (χ2n) is 7.21. The first-order valence-electron chi connectivity index (χ1n) is 9.93. The summed E-state index contributed by atoms with van der Waals surface area (Å²) in [6.07, 6.45) is 0.298. The maximum absolute atomic E-state index is 13.1. The number of benzene rings is 2. The molecule has 0 spiro atoms. The van der Waals surface area contributed by atoms with Crippen LogP contribution in [0.4, 0.5) is 9.52 Å². The van der Waals surface area contributed by atoms with E-state index in [1.807, 2.05) is 24.3 Å².